The molecule has 0 rings (SSSR count). The molecule has 0 aromatic heterocycles. The van der Waals surface area contributed by atoms with Gasteiger partial charge >= 0.3 is 41.5 Å². The van der Waals surface area contributed by atoms with E-state index in [4.69, 9.17) is 4.55 Å². The Bertz CT molecular complexity index is 121. The van der Waals surface area contributed by atoms with Gasteiger partial charge in [0.25, 0.3) is 0 Å². The van der Waals surface area contributed by atoms with Crippen LogP contribution in [-0.4, -0.2) is 44.1 Å². The molecule has 1 N–H and O–H groups in total. The van der Waals surface area contributed by atoms with Crippen LogP contribution in [0.4, 0.5) is 0 Å². The molecule has 0 fully saturated rings. The van der Waals surface area contributed by atoms with Crippen molar-refractivity contribution in [3.8, 4) is 0 Å². The summed E-state index contributed by atoms with van der Waals surface area (Å²) in [6.45, 7) is 0. The summed E-state index contributed by atoms with van der Waals surface area (Å²) in [5, 5.41) is 0. The largest absolute Gasteiger partial charge is 2.00 e. The van der Waals surface area contributed by atoms with E-state index in [-0.39, 0.29) is 25.9 Å². The first-order valence-corrected chi connectivity index (χ1v) is 2.28. The van der Waals surface area contributed by atoms with Crippen LogP contribution in [-0.2, 0) is 14.5 Å². The van der Waals surface area contributed by atoms with Gasteiger partial charge in [-0.15, -0.1) is 0 Å². The molecule has 2 radical (unpaired) electrons. The molecule has 4 nitrogen and oxygen atoms in total. The molecule has 0 aliphatic rings. The van der Waals surface area contributed by atoms with E-state index >= 15 is 0 Å². The topological polar surface area (TPSA) is 63.6 Å². The summed E-state index contributed by atoms with van der Waals surface area (Å²) in [5.41, 5.74) is 0. The zero-order chi connectivity index (χ0) is 5.21. The van der Waals surface area contributed by atoms with Crippen molar-refractivity contribution < 1.29 is 19.9 Å². The normalized spacial score (nSPS) is 9.86. The fourth-order valence-corrected chi connectivity index (χ4v) is 0. The minimum absolute atomic E-state index is 0. The smallest absolute Gasteiger partial charge is 1.00 e. The molecule has 0 atom stereocenters. The van der Waals surface area contributed by atoms with Gasteiger partial charge in [0.2, 0.25) is 0 Å². The maximum absolute atomic E-state index is 9.21. The first kappa shape index (κ1) is 10.6. The number of hydrogen-bond donors (Lipinski definition) is 1. The predicted octanol–water partition coefficient (Wildman–Crippen LogP) is -1.27. The summed E-state index contributed by atoms with van der Waals surface area (Å²) < 4.78 is 28.8. The van der Waals surface area contributed by atoms with E-state index in [1.54, 1.807) is 0 Å². The molecule has 0 aliphatic heterocycles. The van der Waals surface area contributed by atoms with Crippen LogP contribution in [0.1, 0.15) is 2.85 Å². The van der Waals surface area contributed by atoms with Gasteiger partial charge in [-0.2, -0.15) is 8.42 Å². The molecule has 0 aromatic rings. The van der Waals surface area contributed by atoms with Crippen molar-refractivity contribution >= 4 is 41.5 Å². The minimum Gasteiger partial charge on any atom is -1.00 e. The van der Waals surface area contributed by atoms with Crippen LogP contribution in [0.3, 0.4) is 0 Å². The summed E-state index contributed by atoms with van der Waals surface area (Å²) in [7, 11) is -0.417. The number of hydrogen-bond acceptors (Lipinski definition) is 3. The fourth-order valence-electron chi connectivity index (χ4n) is 0. The minimum atomic E-state index is -4.38. The van der Waals surface area contributed by atoms with Crippen LogP contribution in [0, 0.1) is 0 Å². The molecule has 7 heavy (non-hydrogen) atoms. The third-order valence-corrected chi connectivity index (χ3v) is 0.365. The van der Waals surface area contributed by atoms with E-state index in [0.29, 0.717) is 0 Å². The molecule has 0 saturated carbocycles. The molecule has 0 spiro atoms. The Labute approximate surface area is 61.8 Å². The van der Waals surface area contributed by atoms with E-state index < -0.39 is 10.4 Å². The van der Waals surface area contributed by atoms with E-state index in [1.165, 1.54) is 0 Å². The zero-order valence-corrected chi connectivity index (χ0v) is 5.60. The molecule has 0 bridgehead atoms. The predicted molar refractivity (Wildman–Crippen MR) is 26.4 cm³/mol. The molecule has 0 aliphatic carbocycles. The molecule has 0 unspecified atom stereocenters. The average Bonchev–Trinajstić information content (AvgIpc) is 1.35. The van der Waals surface area contributed by atoms with Crippen LogP contribution in [0.5, 0.6) is 0 Å². The second kappa shape index (κ2) is 3.67. The summed E-state index contributed by atoms with van der Waals surface area (Å²) >= 11 is 0. The zero-order valence-electron chi connectivity index (χ0n) is 5.36. The maximum atomic E-state index is 9.21. The van der Waals surface area contributed by atoms with Gasteiger partial charge < -0.3 is 6.95 Å². The molecule has 38 valence electrons. The van der Waals surface area contributed by atoms with Crippen LogP contribution < -0.4 is 0 Å². The molecule has 7 heteroatoms. The Morgan fingerprint density at radius 1 is 1.71 bits per heavy atom. The maximum Gasteiger partial charge on any atom is 2.00 e. The first-order valence-electron chi connectivity index (χ1n) is 0.918. The summed E-state index contributed by atoms with van der Waals surface area (Å²) in [4.78, 5) is 0. The van der Waals surface area contributed by atoms with Crippen molar-refractivity contribution in [3.63, 3.8) is 0 Å². The molecular formula is H3BMgO4S. The molecule has 0 aromatic carbocycles. The third kappa shape index (κ3) is 10.8. The summed E-state index contributed by atoms with van der Waals surface area (Å²) in [5.74, 6) is 0. The van der Waals surface area contributed by atoms with Crippen LogP contribution >= 0.6 is 0 Å². The van der Waals surface area contributed by atoms with Gasteiger partial charge in [0.15, 0.2) is 0 Å². The van der Waals surface area contributed by atoms with Crippen molar-refractivity contribution in [1.29, 1.82) is 0 Å². The second-order valence-electron chi connectivity index (χ2n) is 0.524. The first-order chi connectivity index (χ1) is 2.56. The van der Waals surface area contributed by atoms with Crippen LogP contribution in [0.2, 0.25) is 0 Å². The van der Waals surface area contributed by atoms with Gasteiger partial charge in [-0.1, -0.05) is 0 Å². The van der Waals surface area contributed by atoms with E-state index in [0.717, 1.165) is 0 Å². The second-order valence-corrected chi connectivity index (χ2v) is 1.57. The Morgan fingerprint density at radius 3 is 1.86 bits per heavy atom. The van der Waals surface area contributed by atoms with Crippen molar-refractivity contribution in [3.05, 3.63) is 0 Å². The van der Waals surface area contributed by atoms with Crippen LogP contribution in [0.25, 0.3) is 0 Å². The van der Waals surface area contributed by atoms with E-state index in [1.807, 2.05) is 0 Å². The van der Waals surface area contributed by atoms with Gasteiger partial charge in [-0.3, -0.25) is 4.55 Å². The monoisotopic (exact) mass is 134 g/mol. The van der Waals surface area contributed by atoms with Gasteiger partial charge in [-0.05, 0) is 0 Å². The van der Waals surface area contributed by atoms with Gasteiger partial charge in [0, 0.05) is 0 Å². The van der Waals surface area contributed by atoms with Gasteiger partial charge in [-0.25, -0.2) is 0 Å². The Kier molecular flexibility index (Phi) is 5.58. The van der Waals surface area contributed by atoms with E-state index in [9.17, 15) is 8.42 Å². The van der Waals surface area contributed by atoms with E-state index in [2.05, 4.69) is 12.1 Å². The third-order valence-electron chi connectivity index (χ3n) is 0.122. The van der Waals surface area contributed by atoms with Crippen LogP contribution in [0.15, 0.2) is 0 Å². The van der Waals surface area contributed by atoms with Crippen molar-refractivity contribution in [2.24, 2.45) is 0 Å². The molecule has 0 heterocycles. The summed E-state index contributed by atoms with van der Waals surface area (Å²) in [6, 6.07) is 0. The average molecular weight is 134 g/mol. The quantitative estimate of drug-likeness (QED) is 0.359. The Morgan fingerprint density at radius 2 is 1.86 bits per heavy atom. The molecule has 0 amide bonds. The standard InChI is InChI=1S/BHO4S.Mg.2H/c1-5-6(2,3)4;;;/h(H,2,3,4);;;/q;+2;2*-1. The SMILES string of the molecule is [B]OS(=O)(=O)O.[H-].[H-].[Mg+2]. The molecule has 0 saturated heterocycles. The van der Waals surface area contributed by atoms with Crippen molar-refractivity contribution in [1.82, 2.24) is 0 Å². The Balaban J connectivity index is -0.0000000417. The van der Waals surface area contributed by atoms with Gasteiger partial charge in [0.05, 0.1) is 0 Å². The summed E-state index contributed by atoms with van der Waals surface area (Å²) in [6.07, 6.45) is 0. The number of rotatable bonds is 1. The van der Waals surface area contributed by atoms with Crippen molar-refractivity contribution in [2.45, 2.75) is 0 Å². The Hall–Kier alpha value is 0.701. The molecular weight excluding hydrogens is 131 g/mol. The van der Waals surface area contributed by atoms with Crippen molar-refractivity contribution in [2.75, 3.05) is 0 Å². The van der Waals surface area contributed by atoms with Gasteiger partial charge in [0.1, 0.15) is 0 Å². The fraction of sp³-hybridized carbons (Fsp3) is 0.